The van der Waals surface area contributed by atoms with Crippen molar-refractivity contribution in [2.45, 2.75) is 77.4 Å². The van der Waals surface area contributed by atoms with E-state index in [1.54, 1.807) is 0 Å². The molecule has 0 aliphatic carbocycles. The lowest BCUT2D eigenvalue weighted by molar-refractivity contribution is 0.0180. The molecule has 8 heteroatoms. The van der Waals surface area contributed by atoms with E-state index in [1.165, 1.54) is 16.1 Å². The Morgan fingerprint density at radius 2 is 1.88 bits per heavy atom. The van der Waals surface area contributed by atoms with E-state index in [1.807, 2.05) is 37.8 Å². The van der Waals surface area contributed by atoms with Crippen LogP contribution in [0, 0.1) is 5.92 Å². The van der Waals surface area contributed by atoms with Crippen LogP contribution in [0.3, 0.4) is 0 Å². The summed E-state index contributed by atoms with van der Waals surface area (Å²) >= 11 is 0. The summed E-state index contributed by atoms with van der Waals surface area (Å²) in [4.78, 5) is 14.0. The molecule has 0 aromatic heterocycles. The van der Waals surface area contributed by atoms with Gasteiger partial charge >= 0.3 is 6.09 Å². The summed E-state index contributed by atoms with van der Waals surface area (Å²) in [5.41, 5.74) is 2.94. The number of sulfonamides is 1. The zero-order chi connectivity index (χ0) is 24.2. The smallest absolute Gasteiger partial charge is 0.410 e. The van der Waals surface area contributed by atoms with Gasteiger partial charge in [0.15, 0.2) is 0 Å². The van der Waals surface area contributed by atoms with Crippen LogP contribution in [-0.4, -0.2) is 66.9 Å². The van der Waals surface area contributed by atoms with Crippen molar-refractivity contribution in [1.29, 1.82) is 0 Å². The number of rotatable bonds is 7. The number of likely N-dealkylation sites (tertiary alicyclic amines) is 1. The number of aliphatic hydroxyl groups excluding tert-OH is 1. The summed E-state index contributed by atoms with van der Waals surface area (Å²) in [6, 6.07) is 6.23. The number of piperidine rings is 1. The molecule has 1 atom stereocenters. The van der Waals surface area contributed by atoms with Crippen molar-refractivity contribution < 1.29 is 23.1 Å². The molecule has 2 aliphatic rings. The molecular formula is C25H40N2O5S. The molecule has 0 saturated carbocycles. The monoisotopic (exact) mass is 480 g/mol. The molecule has 7 nitrogen and oxygen atoms in total. The van der Waals surface area contributed by atoms with Gasteiger partial charge in [-0.1, -0.05) is 31.0 Å². The predicted molar refractivity (Wildman–Crippen MR) is 130 cm³/mol. The molecule has 3 rings (SSSR count). The van der Waals surface area contributed by atoms with E-state index < -0.39 is 15.6 Å². The van der Waals surface area contributed by atoms with E-state index in [0.717, 1.165) is 56.3 Å². The summed E-state index contributed by atoms with van der Waals surface area (Å²) in [5, 5.41) is 10.0. The second kappa shape index (κ2) is 10.7. The number of hydrogen-bond acceptors (Lipinski definition) is 5. The topological polar surface area (TPSA) is 87.2 Å². The lowest BCUT2D eigenvalue weighted by Gasteiger charge is -2.33. The molecular weight excluding hydrogens is 440 g/mol. The van der Waals surface area contributed by atoms with E-state index in [-0.39, 0.29) is 18.6 Å². The van der Waals surface area contributed by atoms with Crippen molar-refractivity contribution in [1.82, 2.24) is 9.21 Å². The molecule has 0 spiro atoms. The largest absolute Gasteiger partial charge is 0.444 e. The number of nitrogens with zero attached hydrogens (tertiary/aromatic N) is 2. The zero-order valence-electron chi connectivity index (χ0n) is 20.5. The van der Waals surface area contributed by atoms with Crippen LogP contribution >= 0.6 is 0 Å². The SMILES string of the molecule is CC(C)(C)OC(=O)N1CCC(CCCC(CO)c2ccc3c(c2)CCN(S(C)(=O)=O)C3)CC1. The number of carbonyl (C=O) groups excluding carboxylic acids is 1. The zero-order valence-corrected chi connectivity index (χ0v) is 21.4. The summed E-state index contributed by atoms with van der Waals surface area (Å²) in [6.07, 6.45) is 6.83. The summed E-state index contributed by atoms with van der Waals surface area (Å²) in [5.74, 6) is 0.707. The second-order valence-corrected chi connectivity index (χ2v) is 12.6. The predicted octanol–water partition coefficient (Wildman–Crippen LogP) is 3.90. The average molecular weight is 481 g/mol. The van der Waals surface area contributed by atoms with Crippen LogP contribution in [0.4, 0.5) is 4.79 Å². The van der Waals surface area contributed by atoms with Crippen LogP contribution in [0.15, 0.2) is 18.2 Å². The molecule has 0 radical (unpaired) electrons. The number of hydrogen-bond donors (Lipinski definition) is 1. The minimum absolute atomic E-state index is 0.102. The first-order valence-electron chi connectivity index (χ1n) is 12.1. The number of fused-ring (bicyclic) bond motifs is 1. The number of amides is 1. The van der Waals surface area contributed by atoms with Gasteiger partial charge in [0.1, 0.15) is 5.60 Å². The highest BCUT2D eigenvalue weighted by Gasteiger charge is 2.27. The highest BCUT2D eigenvalue weighted by molar-refractivity contribution is 7.88. The summed E-state index contributed by atoms with van der Waals surface area (Å²) in [6.45, 7) is 8.23. The van der Waals surface area contributed by atoms with Gasteiger partial charge in [-0.3, -0.25) is 0 Å². The lowest BCUT2D eigenvalue weighted by Crippen LogP contribution is -2.41. The Balaban J connectivity index is 1.47. The van der Waals surface area contributed by atoms with Gasteiger partial charge in [-0.25, -0.2) is 13.2 Å². The van der Waals surface area contributed by atoms with Gasteiger partial charge in [-0.15, -0.1) is 0 Å². The summed E-state index contributed by atoms with van der Waals surface area (Å²) in [7, 11) is -3.17. The van der Waals surface area contributed by atoms with Crippen LogP contribution in [0.25, 0.3) is 0 Å². The van der Waals surface area contributed by atoms with Crippen molar-refractivity contribution in [2.75, 3.05) is 32.5 Å². The molecule has 1 fully saturated rings. The third kappa shape index (κ3) is 7.42. The molecule has 1 unspecified atom stereocenters. The molecule has 0 bridgehead atoms. The van der Waals surface area contributed by atoms with Crippen molar-refractivity contribution in [3.8, 4) is 0 Å². The normalized spacial score (nSPS) is 19.2. The lowest BCUT2D eigenvalue weighted by atomic mass is 9.86. The first-order valence-corrected chi connectivity index (χ1v) is 14.0. The first kappa shape index (κ1) is 26.0. The van der Waals surface area contributed by atoms with Crippen LogP contribution < -0.4 is 0 Å². The van der Waals surface area contributed by atoms with Crippen molar-refractivity contribution in [3.63, 3.8) is 0 Å². The van der Waals surface area contributed by atoms with Crippen molar-refractivity contribution in [2.24, 2.45) is 5.92 Å². The van der Waals surface area contributed by atoms with E-state index in [4.69, 9.17) is 4.74 Å². The van der Waals surface area contributed by atoms with E-state index in [0.29, 0.717) is 25.4 Å². The minimum atomic E-state index is -3.17. The van der Waals surface area contributed by atoms with E-state index in [9.17, 15) is 18.3 Å². The average Bonchev–Trinajstić information content (AvgIpc) is 2.74. The Morgan fingerprint density at radius 1 is 1.18 bits per heavy atom. The molecule has 2 heterocycles. The number of ether oxygens (including phenoxy) is 1. The Morgan fingerprint density at radius 3 is 2.48 bits per heavy atom. The van der Waals surface area contributed by atoms with Gasteiger partial charge in [0.25, 0.3) is 0 Å². The van der Waals surface area contributed by atoms with Crippen LogP contribution in [-0.2, 0) is 27.7 Å². The van der Waals surface area contributed by atoms with Crippen molar-refractivity contribution >= 4 is 16.1 Å². The number of aliphatic hydroxyl groups is 1. The quantitative estimate of drug-likeness (QED) is 0.640. The maximum Gasteiger partial charge on any atom is 0.410 e. The van der Waals surface area contributed by atoms with E-state index >= 15 is 0 Å². The number of carbonyl (C=O) groups is 1. The number of benzene rings is 1. The Hall–Kier alpha value is -1.64. The first-order chi connectivity index (χ1) is 15.5. The highest BCUT2D eigenvalue weighted by atomic mass is 32.2. The van der Waals surface area contributed by atoms with Crippen LogP contribution in [0.2, 0.25) is 0 Å². The molecule has 2 aliphatic heterocycles. The fraction of sp³-hybridized carbons (Fsp3) is 0.720. The third-order valence-corrected chi connectivity index (χ3v) is 8.05. The van der Waals surface area contributed by atoms with Gasteiger partial charge < -0.3 is 14.7 Å². The van der Waals surface area contributed by atoms with Crippen molar-refractivity contribution in [3.05, 3.63) is 34.9 Å². The van der Waals surface area contributed by atoms with E-state index in [2.05, 4.69) is 6.07 Å². The maximum absolute atomic E-state index is 12.2. The summed E-state index contributed by atoms with van der Waals surface area (Å²) < 4.78 is 30.7. The third-order valence-electron chi connectivity index (χ3n) is 6.80. The van der Waals surface area contributed by atoms with Crippen LogP contribution in [0.5, 0.6) is 0 Å². The van der Waals surface area contributed by atoms with Gasteiger partial charge in [0.05, 0.1) is 6.26 Å². The van der Waals surface area contributed by atoms with Crippen LogP contribution in [0.1, 0.15) is 75.5 Å². The molecule has 1 aromatic carbocycles. The Bertz CT molecular complexity index is 917. The minimum Gasteiger partial charge on any atom is -0.444 e. The second-order valence-electron chi connectivity index (χ2n) is 10.6. The van der Waals surface area contributed by atoms with Gasteiger partial charge in [0.2, 0.25) is 10.0 Å². The fourth-order valence-corrected chi connectivity index (χ4v) is 5.63. The molecule has 1 N–H and O–H groups in total. The molecule has 1 aromatic rings. The maximum atomic E-state index is 12.2. The molecule has 33 heavy (non-hydrogen) atoms. The van der Waals surface area contributed by atoms with Gasteiger partial charge in [-0.2, -0.15) is 4.31 Å². The molecule has 186 valence electrons. The fourth-order valence-electron chi connectivity index (χ4n) is 4.83. The molecule has 1 amide bonds. The highest BCUT2D eigenvalue weighted by Crippen LogP contribution is 2.30. The Labute approximate surface area is 199 Å². The van der Waals surface area contributed by atoms with Gasteiger partial charge in [0, 0.05) is 38.7 Å². The Kier molecular flexibility index (Phi) is 8.45. The van der Waals surface area contributed by atoms with Gasteiger partial charge in [-0.05, 0) is 69.1 Å². The molecule has 1 saturated heterocycles. The standard InChI is InChI=1S/C25H40N2O5S/c1-25(2,3)32-24(29)26-13-10-19(11-14-26)6-5-7-23(18-28)20-8-9-22-17-27(33(4,30)31)15-12-21(22)16-20/h8-9,16,19,23,28H,5-7,10-15,17-18H2,1-4H3.